The number of carbonyl (C=O) groups excluding carboxylic acids is 3. The maximum absolute atomic E-state index is 12.7. The maximum Gasteiger partial charge on any atom is 0.343 e. The monoisotopic (exact) mass is 480 g/mol. The summed E-state index contributed by atoms with van der Waals surface area (Å²) >= 11 is 0. The molecule has 0 bridgehead atoms. The summed E-state index contributed by atoms with van der Waals surface area (Å²) in [5.74, 6) is -1.64. The van der Waals surface area contributed by atoms with E-state index in [1.54, 1.807) is 72.8 Å². The molecule has 0 amide bonds. The fourth-order valence-corrected chi connectivity index (χ4v) is 3.29. The van der Waals surface area contributed by atoms with Gasteiger partial charge in [-0.2, -0.15) is 0 Å². The highest BCUT2D eigenvalue weighted by Crippen LogP contribution is 2.30. The van der Waals surface area contributed by atoms with Gasteiger partial charge < -0.3 is 14.2 Å². The minimum atomic E-state index is -0.604. The van der Waals surface area contributed by atoms with Gasteiger partial charge in [-0.1, -0.05) is 53.1 Å². The number of aryl methyl sites for hydroxylation is 3. The number of hydrogen-bond donors (Lipinski definition) is 0. The highest BCUT2D eigenvalue weighted by atomic mass is 16.6. The van der Waals surface area contributed by atoms with Crippen molar-refractivity contribution in [1.82, 2.24) is 0 Å². The van der Waals surface area contributed by atoms with Gasteiger partial charge in [0.1, 0.15) is 17.2 Å². The summed E-state index contributed by atoms with van der Waals surface area (Å²) in [6, 6.07) is 24.9. The van der Waals surface area contributed by atoms with Gasteiger partial charge >= 0.3 is 17.9 Å². The summed E-state index contributed by atoms with van der Waals surface area (Å²) in [5.41, 5.74) is 4.05. The summed E-state index contributed by atoms with van der Waals surface area (Å²) in [5, 5.41) is 0. The fraction of sp³-hybridized carbons (Fsp3) is 0.100. The Morgan fingerprint density at radius 3 is 0.861 bits per heavy atom. The molecule has 36 heavy (non-hydrogen) atoms. The molecule has 0 saturated heterocycles. The second-order valence-corrected chi connectivity index (χ2v) is 8.41. The van der Waals surface area contributed by atoms with Crippen LogP contribution in [0.3, 0.4) is 0 Å². The van der Waals surface area contributed by atoms with Crippen LogP contribution in [0.25, 0.3) is 0 Å². The first-order valence-corrected chi connectivity index (χ1v) is 11.3. The van der Waals surface area contributed by atoms with E-state index in [0.717, 1.165) is 16.7 Å². The van der Waals surface area contributed by atoms with Crippen molar-refractivity contribution in [2.24, 2.45) is 0 Å². The van der Waals surface area contributed by atoms with Gasteiger partial charge in [0.2, 0.25) is 0 Å². The lowest BCUT2D eigenvalue weighted by Gasteiger charge is -2.11. The minimum Gasteiger partial charge on any atom is -0.423 e. The number of hydrogen-bond acceptors (Lipinski definition) is 6. The van der Waals surface area contributed by atoms with E-state index in [9.17, 15) is 14.4 Å². The quantitative estimate of drug-likeness (QED) is 0.239. The third-order valence-corrected chi connectivity index (χ3v) is 5.35. The molecule has 0 atom stereocenters. The Hall–Kier alpha value is -4.71. The molecule has 0 fully saturated rings. The molecule has 0 saturated carbocycles. The van der Waals surface area contributed by atoms with Crippen LogP contribution in [0.15, 0.2) is 91.0 Å². The van der Waals surface area contributed by atoms with Crippen LogP contribution in [0.1, 0.15) is 47.8 Å². The van der Waals surface area contributed by atoms with Crippen molar-refractivity contribution in [3.05, 3.63) is 124 Å². The van der Waals surface area contributed by atoms with E-state index in [2.05, 4.69) is 0 Å². The molecular weight excluding hydrogens is 456 g/mol. The van der Waals surface area contributed by atoms with Crippen LogP contribution in [-0.4, -0.2) is 17.9 Å². The predicted octanol–water partition coefficient (Wildman–Crippen LogP) is 6.27. The van der Waals surface area contributed by atoms with Gasteiger partial charge in [-0.05, 0) is 57.2 Å². The molecule has 0 aliphatic carbocycles. The minimum absolute atomic E-state index is 0.0569. The maximum atomic E-state index is 12.7. The van der Waals surface area contributed by atoms with Crippen molar-refractivity contribution in [2.75, 3.05) is 0 Å². The third-order valence-electron chi connectivity index (χ3n) is 5.35. The van der Waals surface area contributed by atoms with E-state index in [-0.39, 0.29) is 17.2 Å². The van der Waals surface area contributed by atoms with Gasteiger partial charge in [0, 0.05) is 18.2 Å². The van der Waals surface area contributed by atoms with Gasteiger partial charge in [-0.3, -0.25) is 0 Å². The van der Waals surface area contributed by atoms with Gasteiger partial charge in [0.05, 0.1) is 16.7 Å². The zero-order valence-corrected chi connectivity index (χ0v) is 20.1. The molecule has 0 aliphatic rings. The summed E-state index contributed by atoms with van der Waals surface area (Å²) in [4.78, 5) is 38.0. The van der Waals surface area contributed by atoms with Crippen molar-refractivity contribution in [1.29, 1.82) is 0 Å². The Morgan fingerprint density at radius 1 is 0.417 bits per heavy atom. The lowest BCUT2D eigenvalue weighted by Crippen LogP contribution is -2.12. The first-order valence-electron chi connectivity index (χ1n) is 11.3. The summed E-state index contributed by atoms with van der Waals surface area (Å²) in [6.45, 7) is 5.74. The van der Waals surface area contributed by atoms with Gasteiger partial charge in [-0.15, -0.1) is 0 Å². The first-order chi connectivity index (χ1) is 17.3. The molecule has 0 aliphatic heterocycles. The van der Waals surface area contributed by atoms with Crippen LogP contribution in [-0.2, 0) is 0 Å². The topological polar surface area (TPSA) is 78.9 Å². The Bertz CT molecular complexity index is 1210. The van der Waals surface area contributed by atoms with Crippen molar-refractivity contribution in [2.45, 2.75) is 20.8 Å². The molecule has 0 heterocycles. The van der Waals surface area contributed by atoms with E-state index in [1.165, 1.54) is 18.2 Å². The molecule has 4 aromatic carbocycles. The molecule has 0 radical (unpaired) electrons. The van der Waals surface area contributed by atoms with E-state index in [1.807, 2.05) is 20.8 Å². The van der Waals surface area contributed by atoms with Crippen LogP contribution in [0, 0.1) is 20.8 Å². The van der Waals surface area contributed by atoms with Crippen molar-refractivity contribution in [3.8, 4) is 17.2 Å². The number of ether oxygens (including phenoxy) is 3. The van der Waals surface area contributed by atoms with Crippen LogP contribution < -0.4 is 14.2 Å². The van der Waals surface area contributed by atoms with E-state index >= 15 is 0 Å². The molecular formula is C30H24O6. The molecule has 0 N–H and O–H groups in total. The largest absolute Gasteiger partial charge is 0.423 e. The van der Waals surface area contributed by atoms with Gasteiger partial charge in [0.15, 0.2) is 0 Å². The molecule has 6 nitrogen and oxygen atoms in total. The fourth-order valence-electron chi connectivity index (χ4n) is 3.29. The molecule has 6 heteroatoms. The van der Waals surface area contributed by atoms with Gasteiger partial charge in [-0.25, -0.2) is 14.4 Å². The SMILES string of the molecule is Cc1ccc(C(=O)Oc2cc(OC(=O)c3ccc(C)cc3)cc(OC(=O)c3ccc(C)cc3)c2)cc1. The van der Waals surface area contributed by atoms with Crippen molar-refractivity contribution < 1.29 is 28.6 Å². The van der Waals surface area contributed by atoms with Crippen LogP contribution in [0.5, 0.6) is 17.2 Å². The van der Waals surface area contributed by atoms with Crippen molar-refractivity contribution in [3.63, 3.8) is 0 Å². The lowest BCUT2D eigenvalue weighted by molar-refractivity contribution is 0.0730. The summed E-state index contributed by atoms with van der Waals surface area (Å²) in [7, 11) is 0. The first kappa shape index (κ1) is 24.4. The van der Waals surface area contributed by atoms with Crippen molar-refractivity contribution >= 4 is 17.9 Å². The molecule has 180 valence electrons. The second kappa shape index (κ2) is 10.7. The molecule has 0 unspecified atom stereocenters. The Labute approximate surface area is 209 Å². The van der Waals surface area contributed by atoms with E-state index < -0.39 is 17.9 Å². The zero-order chi connectivity index (χ0) is 25.7. The van der Waals surface area contributed by atoms with E-state index in [0.29, 0.717) is 16.7 Å². The second-order valence-electron chi connectivity index (χ2n) is 8.41. The van der Waals surface area contributed by atoms with E-state index in [4.69, 9.17) is 14.2 Å². The normalized spacial score (nSPS) is 10.4. The number of esters is 3. The van der Waals surface area contributed by atoms with Crippen LogP contribution in [0.2, 0.25) is 0 Å². The number of carbonyl (C=O) groups is 3. The third kappa shape index (κ3) is 6.24. The number of rotatable bonds is 6. The molecule has 4 rings (SSSR count). The number of benzene rings is 4. The standard InChI is InChI=1S/C30H24O6/c1-19-4-10-22(11-5-19)28(31)34-25-16-26(35-29(32)23-12-6-20(2)7-13-23)18-27(17-25)36-30(33)24-14-8-21(3)9-15-24/h4-18H,1-3H3. The Kier molecular flexibility index (Phi) is 7.25. The Morgan fingerprint density at radius 2 is 0.639 bits per heavy atom. The van der Waals surface area contributed by atoms with Crippen LogP contribution >= 0.6 is 0 Å². The highest BCUT2D eigenvalue weighted by molar-refractivity contribution is 5.93. The Balaban J connectivity index is 1.61. The summed E-state index contributed by atoms with van der Waals surface area (Å²) in [6.07, 6.45) is 0. The van der Waals surface area contributed by atoms with Gasteiger partial charge in [0.25, 0.3) is 0 Å². The molecule has 4 aromatic rings. The zero-order valence-electron chi connectivity index (χ0n) is 20.1. The average molecular weight is 481 g/mol. The summed E-state index contributed by atoms with van der Waals surface area (Å²) < 4.78 is 16.5. The highest BCUT2D eigenvalue weighted by Gasteiger charge is 2.16. The molecule has 0 spiro atoms. The van der Waals surface area contributed by atoms with Crippen LogP contribution in [0.4, 0.5) is 0 Å². The lowest BCUT2D eigenvalue weighted by atomic mass is 10.1. The average Bonchev–Trinajstić information content (AvgIpc) is 2.85. The predicted molar refractivity (Wildman–Crippen MR) is 135 cm³/mol. The smallest absolute Gasteiger partial charge is 0.343 e. The molecule has 0 aromatic heterocycles.